The number of rotatable bonds is 8. The summed E-state index contributed by atoms with van der Waals surface area (Å²) in [5, 5.41) is 51.7. The number of nitrogens with one attached hydrogen (secondary N) is 1. The average molecular weight is 410 g/mol. The normalized spacial score (nSPS) is 44.4. The Morgan fingerprint density at radius 2 is 1.71 bits per heavy atom. The molecule has 2 fully saturated rings. The van der Waals surface area contributed by atoms with Gasteiger partial charge in [-0.3, -0.25) is 10.1 Å². The summed E-state index contributed by atoms with van der Waals surface area (Å²) in [5.74, 6) is -1.11. The maximum absolute atomic E-state index is 10.8. The highest BCUT2D eigenvalue weighted by molar-refractivity contribution is 5.69. The molecule has 2 rings (SSSR count). The molecule has 2 aliphatic rings. The van der Waals surface area contributed by atoms with Crippen molar-refractivity contribution in [1.29, 1.82) is 0 Å². The van der Waals surface area contributed by atoms with Crippen LogP contribution < -0.4 is 11.1 Å². The molecule has 0 aromatic heterocycles. The van der Waals surface area contributed by atoms with E-state index in [0.29, 0.717) is 0 Å². The van der Waals surface area contributed by atoms with Crippen LogP contribution in [0.5, 0.6) is 0 Å². The van der Waals surface area contributed by atoms with Crippen LogP contribution in [0.2, 0.25) is 0 Å². The van der Waals surface area contributed by atoms with Gasteiger partial charge in [0.15, 0.2) is 6.29 Å². The molecule has 8 N–H and O–H groups in total. The molecular formula is C16H30N2O10. The van der Waals surface area contributed by atoms with Gasteiger partial charge in [-0.25, -0.2) is 0 Å². The van der Waals surface area contributed by atoms with E-state index in [2.05, 4.69) is 5.32 Å². The molecule has 10 atom stereocenters. The van der Waals surface area contributed by atoms with Gasteiger partial charge in [0.05, 0.1) is 37.9 Å². The van der Waals surface area contributed by atoms with Crippen LogP contribution >= 0.6 is 0 Å². The van der Waals surface area contributed by atoms with Crippen molar-refractivity contribution in [2.24, 2.45) is 5.73 Å². The average Bonchev–Trinajstić information content (AvgIpc) is 2.66. The van der Waals surface area contributed by atoms with E-state index in [0.717, 1.165) is 0 Å². The van der Waals surface area contributed by atoms with E-state index in [1.54, 1.807) is 6.92 Å². The lowest BCUT2D eigenvalue weighted by atomic mass is 9.92. The molecule has 12 heteroatoms. The predicted octanol–water partition coefficient (Wildman–Crippen LogP) is -4.02. The van der Waals surface area contributed by atoms with Crippen molar-refractivity contribution in [3.63, 3.8) is 0 Å². The monoisotopic (exact) mass is 410 g/mol. The van der Waals surface area contributed by atoms with E-state index in [-0.39, 0.29) is 0 Å². The summed E-state index contributed by atoms with van der Waals surface area (Å²) < 4.78 is 22.1. The Hall–Kier alpha value is -0.930. The third-order valence-electron chi connectivity index (χ3n) is 5.10. The second kappa shape index (κ2) is 10.2. The van der Waals surface area contributed by atoms with Crippen LogP contribution in [0, 0.1) is 0 Å². The van der Waals surface area contributed by atoms with Crippen LogP contribution in [0.25, 0.3) is 0 Å². The van der Waals surface area contributed by atoms with E-state index >= 15 is 0 Å². The minimum absolute atomic E-state index is 0.411. The van der Waals surface area contributed by atoms with Crippen molar-refractivity contribution >= 4 is 5.97 Å². The van der Waals surface area contributed by atoms with Gasteiger partial charge >= 0.3 is 5.97 Å². The van der Waals surface area contributed by atoms with Gasteiger partial charge in [0.2, 0.25) is 0 Å². The van der Waals surface area contributed by atoms with Gasteiger partial charge in [-0.05, 0) is 6.92 Å². The first-order valence-electron chi connectivity index (χ1n) is 9.02. The molecular weight excluding hydrogens is 380 g/mol. The molecule has 0 spiro atoms. The van der Waals surface area contributed by atoms with Crippen LogP contribution in [0.4, 0.5) is 0 Å². The summed E-state index contributed by atoms with van der Waals surface area (Å²) in [6.45, 7) is 0.271. The minimum atomic E-state index is -1.26. The number of aliphatic hydroxyl groups excluding tert-OH is 4. The van der Waals surface area contributed by atoms with Crippen molar-refractivity contribution in [3.8, 4) is 0 Å². The molecule has 0 aromatic carbocycles. The van der Waals surface area contributed by atoms with Crippen LogP contribution in [-0.4, -0.2) is 119 Å². The van der Waals surface area contributed by atoms with Gasteiger partial charge in [-0.2, -0.15) is 0 Å². The lowest BCUT2D eigenvalue weighted by molar-refractivity contribution is -0.313. The van der Waals surface area contributed by atoms with E-state index in [1.165, 1.54) is 7.11 Å². The van der Waals surface area contributed by atoms with Crippen molar-refractivity contribution in [2.75, 3.05) is 26.9 Å². The quantitative estimate of drug-likeness (QED) is 0.205. The summed E-state index contributed by atoms with van der Waals surface area (Å²) in [5.41, 5.74) is 5.98. The Morgan fingerprint density at radius 1 is 1.11 bits per heavy atom. The number of ether oxygens (including phenoxy) is 4. The highest BCUT2D eigenvalue weighted by atomic mass is 16.7. The van der Waals surface area contributed by atoms with E-state index in [1.807, 2.05) is 0 Å². The molecule has 28 heavy (non-hydrogen) atoms. The topological polar surface area (TPSA) is 193 Å². The molecule has 0 aliphatic carbocycles. The zero-order chi connectivity index (χ0) is 21.0. The summed E-state index contributed by atoms with van der Waals surface area (Å²) >= 11 is 0. The number of aliphatic carboxylic acids is 1. The second-order valence-electron chi connectivity index (χ2n) is 6.95. The van der Waals surface area contributed by atoms with Gasteiger partial charge in [0.1, 0.15) is 36.6 Å². The Kier molecular flexibility index (Phi) is 8.51. The number of nitrogens with two attached hydrogens (primary N) is 1. The number of aliphatic hydroxyl groups is 4. The fraction of sp³-hybridized carbons (Fsp3) is 0.938. The molecule has 2 saturated heterocycles. The van der Waals surface area contributed by atoms with Crippen LogP contribution in [0.3, 0.4) is 0 Å². The molecule has 0 aromatic rings. The van der Waals surface area contributed by atoms with Crippen LogP contribution in [-0.2, 0) is 23.7 Å². The number of methoxy groups -OCH3 is 1. The zero-order valence-corrected chi connectivity index (χ0v) is 15.7. The lowest BCUT2D eigenvalue weighted by Crippen LogP contribution is -2.68. The molecule has 2 aliphatic heterocycles. The van der Waals surface area contributed by atoms with E-state index < -0.39 is 86.8 Å². The maximum Gasteiger partial charge on any atom is 0.317 e. The van der Waals surface area contributed by atoms with Gasteiger partial charge in [0, 0.05) is 7.11 Å². The Labute approximate surface area is 162 Å². The summed E-state index contributed by atoms with van der Waals surface area (Å²) in [4.78, 5) is 10.8. The van der Waals surface area contributed by atoms with Gasteiger partial charge in [-0.1, -0.05) is 0 Å². The largest absolute Gasteiger partial charge is 0.480 e. The fourth-order valence-electron chi connectivity index (χ4n) is 3.60. The first kappa shape index (κ1) is 23.3. The zero-order valence-electron chi connectivity index (χ0n) is 15.7. The van der Waals surface area contributed by atoms with E-state index in [9.17, 15) is 25.2 Å². The fourth-order valence-corrected chi connectivity index (χ4v) is 3.60. The number of carboxylic acids is 1. The van der Waals surface area contributed by atoms with Crippen molar-refractivity contribution < 1.29 is 49.3 Å². The highest BCUT2D eigenvalue weighted by Gasteiger charge is 2.49. The predicted molar refractivity (Wildman–Crippen MR) is 92.3 cm³/mol. The van der Waals surface area contributed by atoms with E-state index in [4.69, 9.17) is 29.8 Å². The van der Waals surface area contributed by atoms with Gasteiger partial charge in [0.25, 0.3) is 0 Å². The molecule has 10 unspecified atom stereocenters. The summed E-state index contributed by atoms with van der Waals surface area (Å²) in [7, 11) is 1.34. The molecule has 0 bridgehead atoms. The lowest BCUT2D eigenvalue weighted by Gasteiger charge is -2.47. The number of carboxylic acid groups (broad SMARTS) is 1. The first-order valence-corrected chi connectivity index (χ1v) is 9.02. The van der Waals surface area contributed by atoms with Crippen molar-refractivity contribution in [1.82, 2.24) is 5.32 Å². The standard InChI is InChI=1S/C16H30N2O10/c1-6-11(18-3-9(21)22)13(24)15(8(5-20)26-6)28-16-10(17)12(23)14(25-2)7(4-19)27-16/h6-8,10-16,18-20,23-24H,3-5,17H2,1-2H3,(H,21,22). The van der Waals surface area contributed by atoms with Gasteiger partial charge in [-0.15, -0.1) is 0 Å². The SMILES string of the molecule is COC1C(CO)OC(OC2C(CO)OC(C)C(NCC(=O)O)C2O)C(N)C1O. The summed E-state index contributed by atoms with van der Waals surface area (Å²) in [6.07, 6.45) is -8.17. The third kappa shape index (κ3) is 4.97. The van der Waals surface area contributed by atoms with Crippen LogP contribution in [0.1, 0.15) is 6.92 Å². The number of carbonyl (C=O) groups is 1. The first-order chi connectivity index (χ1) is 13.2. The second-order valence-corrected chi connectivity index (χ2v) is 6.95. The number of hydrogen-bond donors (Lipinski definition) is 7. The smallest absolute Gasteiger partial charge is 0.317 e. The van der Waals surface area contributed by atoms with Crippen LogP contribution in [0.15, 0.2) is 0 Å². The molecule has 0 saturated carbocycles. The third-order valence-corrected chi connectivity index (χ3v) is 5.10. The molecule has 12 nitrogen and oxygen atoms in total. The Bertz CT molecular complexity index is 510. The van der Waals surface area contributed by atoms with Crippen molar-refractivity contribution in [2.45, 2.75) is 68.0 Å². The Balaban J connectivity index is 2.15. The molecule has 164 valence electrons. The minimum Gasteiger partial charge on any atom is -0.480 e. The maximum atomic E-state index is 10.8. The van der Waals surface area contributed by atoms with Crippen molar-refractivity contribution in [3.05, 3.63) is 0 Å². The van der Waals surface area contributed by atoms with Gasteiger partial charge < -0.3 is 50.2 Å². The Morgan fingerprint density at radius 3 is 2.25 bits per heavy atom. The molecule has 0 radical (unpaired) electrons. The highest BCUT2D eigenvalue weighted by Crippen LogP contribution is 2.29. The molecule has 0 amide bonds. The molecule has 2 heterocycles. The number of hydrogen-bond acceptors (Lipinski definition) is 11. The summed E-state index contributed by atoms with van der Waals surface area (Å²) in [6, 6.07) is -1.86.